The van der Waals surface area contributed by atoms with Crippen LogP contribution in [0.1, 0.15) is 11.3 Å². The number of nitrogens with zero attached hydrogens (tertiary/aromatic N) is 2. The summed E-state index contributed by atoms with van der Waals surface area (Å²) in [6.45, 7) is 0.465. The number of hydrogen-bond acceptors (Lipinski definition) is 2. The van der Waals surface area contributed by atoms with E-state index in [-0.39, 0.29) is 0 Å². The summed E-state index contributed by atoms with van der Waals surface area (Å²) in [6.07, 6.45) is -2.03. The SMILES string of the molecule is Cn1ncc(-c2ccc(C(F)(F)F)cc2)c1CCN. The minimum absolute atomic E-state index is 0.465. The van der Waals surface area contributed by atoms with E-state index >= 15 is 0 Å². The summed E-state index contributed by atoms with van der Waals surface area (Å²) in [4.78, 5) is 0. The third-order valence-electron chi connectivity index (χ3n) is 2.97. The molecule has 2 rings (SSSR count). The average Bonchev–Trinajstić information content (AvgIpc) is 2.71. The van der Waals surface area contributed by atoms with Crippen molar-refractivity contribution in [3.63, 3.8) is 0 Å². The van der Waals surface area contributed by atoms with Crippen molar-refractivity contribution in [2.45, 2.75) is 12.6 Å². The van der Waals surface area contributed by atoms with Crippen molar-refractivity contribution in [3.8, 4) is 11.1 Å². The van der Waals surface area contributed by atoms with Crippen molar-refractivity contribution in [3.05, 3.63) is 41.7 Å². The molecule has 2 N–H and O–H groups in total. The Morgan fingerprint density at radius 1 is 1.21 bits per heavy atom. The summed E-state index contributed by atoms with van der Waals surface area (Å²) in [5.41, 5.74) is 7.33. The van der Waals surface area contributed by atoms with Crippen LogP contribution in [-0.2, 0) is 19.6 Å². The summed E-state index contributed by atoms with van der Waals surface area (Å²) >= 11 is 0. The minimum atomic E-state index is -4.31. The van der Waals surface area contributed by atoms with Crippen molar-refractivity contribution in [1.82, 2.24) is 9.78 Å². The average molecular weight is 269 g/mol. The first-order valence-electron chi connectivity index (χ1n) is 5.82. The molecule has 0 aliphatic carbocycles. The van der Waals surface area contributed by atoms with Crippen LogP contribution in [0.5, 0.6) is 0 Å². The van der Waals surface area contributed by atoms with Gasteiger partial charge in [-0.2, -0.15) is 18.3 Å². The van der Waals surface area contributed by atoms with Gasteiger partial charge in [0.15, 0.2) is 0 Å². The molecule has 0 spiro atoms. The van der Waals surface area contributed by atoms with Crippen LogP contribution in [0.4, 0.5) is 13.2 Å². The van der Waals surface area contributed by atoms with Gasteiger partial charge in [0.1, 0.15) is 0 Å². The molecule has 0 amide bonds. The summed E-state index contributed by atoms with van der Waals surface area (Å²) in [7, 11) is 1.79. The van der Waals surface area contributed by atoms with Gasteiger partial charge in [0.05, 0.1) is 11.8 Å². The van der Waals surface area contributed by atoms with E-state index in [4.69, 9.17) is 5.73 Å². The van der Waals surface area contributed by atoms with Crippen LogP contribution in [0, 0.1) is 0 Å². The molecule has 0 atom stereocenters. The zero-order chi connectivity index (χ0) is 14.0. The molecule has 6 heteroatoms. The van der Waals surface area contributed by atoms with Crippen LogP contribution >= 0.6 is 0 Å². The van der Waals surface area contributed by atoms with Gasteiger partial charge in [-0.1, -0.05) is 12.1 Å². The number of halogens is 3. The monoisotopic (exact) mass is 269 g/mol. The fourth-order valence-electron chi connectivity index (χ4n) is 1.98. The van der Waals surface area contributed by atoms with E-state index in [9.17, 15) is 13.2 Å². The molecule has 19 heavy (non-hydrogen) atoms. The first-order chi connectivity index (χ1) is 8.93. The molecule has 102 valence electrons. The van der Waals surface area contributed by atoms with Crippen molar-refractivity contribution >= 4 is 0 Å². The smallest absolute Gasteiger partial charge is 0.330 e. The zero-order valence-electron chi connectivity index (χ0n) is 10.4. The Hall–Kier alpha value is -1.82. The van der Waals surface area contributed by atoms with Crippen LogP contribution in [0.15, 0.2) is 30.5 Å². The molecule has 1 aromatic heterocycles. The van der Waals surface area contributed by atoms with E-state index in [0.717, 1.165) is 23.4 Å². The molecule has 0 unspecified atom stereocenters. The number of alkyl halides is 3. The molecule has 0 aliphatic rings. The predicted molar refractivity (Wildman–Crippen MR) is 66.4 cm³/mol. The van der Waals surface area contributed by atoms with E-state index in [0.29, 0.717) is 18.5 Å². The van der Waals surface area contributed by atoms with Gasteiger partial charge in [-0.25, -0.2) is 0 Å². The van der Waals surface area contributed by atoms with Gasteiger partial charge in [0, 0.05) is 24.7 Å². The fourth-order valence-corrected chi connectivity index (χ4v) is 1.98. The quantitative estimate of drug-likeness (QED) is 0.930. The molecule has 0 saturated heterocycles. The largest absolute Gasteiger partial charge is 0.416 e. The van der Waals surface area contributed by atoms with E-state index in [2.05, 4.69) is 5.10 Å². The van der Waals surface area contributed by atoms with Crippen LogP contribution in [0.2, 0.25) is 0 Å². The number of rotatable bonds is 3. The molecule has 1 aromatic carbocycles. The Kier molecular flexibility index (Phi) is 3.61. The lowest BCUT2D eigenvalue weighted by Crippen LogP contribution is -2.08. The van der Waals surface area contributed by atoms with Gasteiger partial charge in [-0.15, -0.1) is 0 Å². The standard InChI is InChI=1S/C13H14F3N3/c1-19-12(6-7-17)11(8-18-19)9-2-4-10(5-3-9)13(14,15)16/h2-5,8H,6-7,17H2,1H3. The normalized spacial score (nSPS) is 11.8. The van der Waals surface area contributed by atoms with Crippen molar-refractivity contribution in [1.29, 1.82) is 0 Å². The second kappa shape index (κ2) is 5.05. The summed E-state index contributed by atoms with van der Waals surface area (Å²) in [5, 5.41) is 4.12. The minimum Gasteiger partial charge on any atom is -0.330 e. The fraction of sp³-hybridized carbons (Fsp3) is 0.308. The van der Waals surface area contributed by atoms with E-state index < -0.39 is 11.7 Å². The lowest BCUT2D eigenvalue weighted by atomic mass is 10.0. The molecule has 0 radical (unpaired) electrons. The Balaban J connectivity index is 2.38. The molecule has 2 aromatic rings. The van der Waals surface area contributed by atoms with Gasteiger partial charge in [0.25, 0.3) is 0 Å². The molecule has 0 fully saturated rings. The van der Waals surface area contributed by atoms with E-state index in [1.54, 1.807) is 17.9 Å². The highest BCUT2D eigenvalue weighted by Crippen LogP contribution is 2.31. The maximum Gasteiger partial charge on any atom is 0.416 e. The topological polar surface area (TPSA) is 43.8 Å². The van der Waals surface area contributed by atoms with Crippen molar-refractivity contribution < 1.29 is 13.2 Å². The summed E-state index contributed by atoms with van der Waals surface area (Å²) in [5.74, 6) is 0. The maximum atomic E-state index is 12.5. The van der Waals surface area contributed by atoms with Gasteiger partial charge >= 0.3 is 6.18 Å². The van der Waals surface area contributed by atoms with Gasteiger partial charge < -0.3 is 5.73 Å². The van der Waals surface area contributed by atoms with Gasteiger partial charge in [-0.05, 0) is 24.2 Å². The molecule has 1 heterocycles. The highest BCUT2D eigenvalue weighted by Gasteiger charge is 2.30. The third kappa shape index (κ3) is 2.78. The number of nitrogens with two attached hydrogens (primary N) is 1. The second-order valence-electron chi connectivity index (χ2n) is 4.24. The number of aryl methyl sites for hydroxylation is 1. The number of hydrogen-bond donors (Lipinski definition) is 1. The van der Waals surface area contributed by atoms with Crippen LogP contribution in [0.25, 0.3) is 11.1 Å². The van der Waals surface area contributed by atoms with Crippen molar-refractivity contribution in [2.75, 3.05) is 6.54 Å². The Bertz CT molecular complexity index is 556. The van der Waals surface area contributed by atoms with Gasteiger partial charge in [-0.3, -0.25) is 4.68 Å². The van der Waals surface area contributed by atoms with Crippen LogP contribution in [0.3, 0.4) is 0 Å². The summed E-state index contributed by atoms with van der Waals surface area (Å²) < 4.78 is 39.2. The summed E-state index contributed by atoms with van der Waals surface area (Å²) in [6, 6.07) is 5.07. The highest BCUT2D eigenvalue weighted by atomic mass is 19.4. The first kappa shape index (κ1) is 13.6. The molecule has 0 bridgehead atoms. The Morgan fingerprint density at radius 3 is 2.37 bits per heavy atom. The second-order valence-corrected chi connectivity index (χ2v) is 4.24. The lowest BCUT2D eigenvalue weighted by molar-refractivity contribution is -0.137. The number of aromatic nitrogens is 2. The maximum absolute atomic E-state index is 12.5. The van der Waals surface area contributed by atoms with Crippen molar-refractivity contribution in [2.24, 2.45) is 12.8 Å². The van der Waals surface area contributed by atoms with Gasteiger partial charge in [0.2, 0.25) is 0 Å². The van der Waals surface area contributed by atoms with E-state index in [1.165, 1.54) is 12.1 Å². The molecular formula is C13H14F3N3. The van der Waals surface area contributed by atoms with Crippen LogP contribution in [-0.4, -0.2) is 16.3 Å². The third-order valence-corrected chi connectivity index (χ3v) is 2.97. The first-order valence-corrected chi connectivity index (χ1v) is 5.82. The molecular weight excluding hydrogens is 255 g/mol. The molecule has 0 aliphatic heterocycles. The molecule has 3 nitrogen and oxygen atoms in total. The zero-order valence-corrected chi connectivity index (χ0v) is 10.4. The Morgan fingerprint density at radius 2 is 1.84 bits per heavy atom. The predicted octanol–water partition coefficient (Wildman–Crippen LogP) is 2.61. The lowest BCUT2D eigenvalue weighted by Gasteiger charge is -2.08. The molecule has 0 saturated carbocycles. The number of benzene rings is 1. The Labute approximate surface area is 108 Å². The van der Waals surface area contributed by atoms with Crippen LogP contribution < -0.4 is 5.73 Å². The van der Waals surface area contributed by atoms with E-state index in [1.807, 2.05) is 0 Å². The highest BCUT2D eigenvalue weighted by molar-refractivity contribution is 5.65.